The van der Waals surface area contributed by atoms with Gasteiger partial charge in [0.05, 0.1) is 28.1 Å². The van der Waals surface area contributed by atoms with Crippen LogP contribution in [0.5, 0.6) is 0 Å². The van der Waals surface area contributed by atoms with Crippen molar-refractivity contribution in [2.45, 2.75) is 18.8 Å². The van der Waals surface area contributed by atoms with Gasteiger partial charge in [-0.15, -0.1) is 22.9 Å². The topological polar surface area (TPSA) is 30.7 Å². The van der Waals surface area contributed by atoms with Crippen molar-refractivity contribution >= 4 is 45.6 Å². The van der Waals surface area contributed by atoms with E-state index in [1.54, 1.807) is 11.3 Å². The number of benzene rings is 1. The van der Waals surface area contributed by atoms with Crippen LogP contribution in [0.25, 0.3) is 11.0 Å². The molecule has 0 unspecified atom stereocenters. The van der Waals surface area contributed by atoms with Crippen molar-refractivity contribution in [1.29, 1.82) is 0 Å². The van der Waals surface area contributed by atoms with Crippen LogP contribution in [0.15, 0.2) is 29.1 Å². The first-order chi connectivity index (χ1) is 9.28. The first-order valence-electron chi connectivity index (χ1n) is 5.85. The van der Waals surface area contributed by atoms with Gasteiger partial charge in [-0.25, -0.2) is 9.97 Å². The number of hydrogen-bond donors (Lipinski definition) is 0. The lowest BCUT2D eigenvalue weighted by molar-refractivity contribution is 0.680. The molecule has 3 nitrogen and oxygen atoms in total. The fraction of sp³-hybridized carbons (Fsp3) is 0.231. The zero-order chi connectivity index (χ0) is 13.2. The van der Waals surface area contributed by atoms with Gasteiger partial charge >= 0.3 is 0 Å². The average Bonchev–Trinajstić information content (AvgIpc) is 3.03. The molecule has 0 aliphatic rings. The lowest BCUT2D eigenvalue weighted by Gasteiger charge is -2.06. The fourth-order valence-corrected chi connectivity index (χ4v) is 3.05. The Bertz CT molecular complexity index is 691. The summed E-state index contributed by atoms with van der Waals surface area (Å²) in [6.45, 7) is 0.808. The van der Waals surface area contributed by atoms with Gasteiger partial charge in [-0.2, -0.15) is 0 Å². The molecule has 0 amide bonds. The third kappa shape index (κ3) is 2.61. The highest BCUT2D eigenvalue weighted by Gasteiger charge is 2.10. The van der Waals surface area contributed by atoms with Gasteiger partial charge in [0.1, 0.15) is 5.82 Å². The molecule has 19 heavy (non-hydrogen) atoms. The number of thiazole rings is 1. The van der Waals surface area contributed by atoms with Crippen LogP contribution in [0.2, 0.25) is 5.02 Å². The molecule has 0 N–H and O–H groups in total. The first-order valence-corrected chi connectivity index (χ1v) is 7.71. The summed E-state index contributed by atoms with van der Waals surface area (Å²) in [6, 6.07) is 5.70. The lowest BCUT2D eigenvalue weighted by Crippen LogP contribution is -2.05. The minimum Gasteiger partial charge on any atom is -0.327 e. The Morgan fingerprint density at radius 3 is 2.95 bits per heavy atom. The van der Waals surface area contributed by atoms with Gasteiger partial charge in [-0.1, -0.05) is 11.6 Å². The van der Waals surface area contributed by atoms with Crippen LogP contribution < -0.4 is 0 Å². The summed E-state index contributed by atoms with van der Waals surface area (Å²) in [5.41, 5.74) is 4.90. The second kappa shape index (κ2) is 5.49. The third-order valence-electron chi connectivity index (χ3n) is 2.98. The number of aryl methyl sites for hydroxylation is 2. The highest BCUT2D eigenvalue weighted by molar-refractivity contribution is 7.07. The minimum absolute atomic E-state index is 0.392. The molecule has 0 radical (unpaired) electrons. The van der Waals surface area contributed by atoms with E-state index in [4.69, 9.17) is 23.2 Å². The van der Waals surface area contributed by atoms with Crippen LogP contribution in [0.4, 0.5) is 0 Å². The maximum Gasteiger partial charge on any atom is 0.124 e. The second-order valence-electron chi connectivity index (χ2n) is 4.18. The molecule has 0 bridgehead atoms. The quantitative estimate of drug-likeness (QED) is 0.678. The second-order valence-corrected chi connectivity index (χ2v) is 5.60. The highest BCUT2D eigenvalue weighted by atomic mass is 35.5. The van der Waals surface area contributed by atoms with Gasteiger partial charge < -0.3 is 4.57 Å². The molecule has 0 saturated carbocycles. The van der Waals surface area contributed by atoms with Crippen molar-refractivity contribution in [3.8, 4) is 0 Å². The number of alkyl halides is 1. The van der Waals surface area contributed by atoms with E-state index in [2.05, 4.69) is 19.9 Å². The van der Waals surface area contributed by atoms with E-state index in [-0.39, 0.29) is 0 Å². The van der Waals surface area contributed by atoms with E-state index < -0.39 is 0 Å². The van der Waals surface area contributed by atoms with Gasteiger partial charge in [0, 0.05) is 23.4 Å². The monoisotopic (exact) mass is 311 g/mol. The van der Waals surface area contributed by atoms with Crippen LogP contribution in [-0.2, 0) is 18.8 Å². The van der Waals surface area contributed by atoms with Crippen molar-refractivity contribution in [3.63, 3.8) is 0 Å². The van der Waals surface area contributed by atoms with E-state index in [9.17, 15) is 0 Å². The van der Waals surface area contributed by atoms with Gasteiger partial charge in [0.2, 0.25) is 0 Å². The van der Waals surface area contributed by atoms with Crippen molar-refractivity contribution < 1.29 is 0 Å². The zero-order valence-corrected chi connectivity index (χ0v) is 12.3. The normalized spacial score (nSPS) is 11.3. The number of halogens is 2. The van der Waals surface area contributed by atoms with Crippen molar-refractivity contribution in [2.75, 3.05) is 0 Å². The number of hydrogen-bond acceptors (Lipinski definition) is 3. The summed E-state index contributed by atoms with van der Waals surface area (Å²) in [7, 11) is 0. The maximum absolute atomic E-state index is 6.06. The van der Waals surface area contributed by atoms with Gasteiger partial charge in [-0.3, -0.25) is 0 Å². The maximum atomic E-state index is 6.06. The zero-order valence-electron chi connectivity index (χ0n) is 10.0. The van der Waals surface area contributed by atoms with Crippen LogP contribution >= 0.6 is 34.5 Å². The minimum atomic E-state index is 0.392. The van der Waals surface area contributed by atoms with E-state index in [1.165, 1.54) is 0 Å². The summed E-state index contributed by atoms with van der Waals surface area (Å²) in [5, 5.41) is 2.77. The summed E-state index contributed by atoms with van der Waals surface area (Å²) < 4.78 is 2.12. The molecule has 1 aromatic carbocycles. The molecule has 0 saturated heterocycles. The van der Waals surface area contributed by atoms with Gasteiger partial charge in [-0.05, 0) is 18.2 Å². The molecule has 3 aromatic rings. The average molecular weight is 312 g/mol. The van der Waals surface area contributed by atoms with Crippen molar-refractivity contribution in [3.05, 3.63) is 45.6 Å². The van der Waals surface area contributed by atoms with Gasteiger partial charge in [0.15, 0.2) is 0 Å². The van der Waals surface area contributed by atoms with Crippen LogP contribution in [0, 0.1) is 0 Å². The predicted molar refractivity (Wildman–Crippen MR) is 80.1 cm³/mol. The molecule has 3 rings (SSSR count). The van der Waals surface area contributed by atoms with Crippen LogP contribution in [-0.4, -0.2) is 14.5 Å². The first kappa shape index (κ1) is 12.9. The molecular formula is C13H11Cl2N3S. The number of imidazole rings is 1. The number of nitrogens with zero attached hydrogens (tertiary/aromatic N) is 3. The summed E-state index contributed by atoms with van der Waals surface area (Å²) in [6.07, 6.45) is 0.866. The standard InChI is InChI=1S/C13H11Cl2N3S/c14-6-13-17-11-2-1-9(15)5-12(11)18(13)4-3-10-7-19-8-16-10/h1-2,5,7-8H,3-4,6H2. The van der Waals surface area contributed by atoms with Crippen molar-refractivity contribution in [1.82, 2.24) is 14.5 Å². The Balaban J connectivity index is 1.97. The number of rotatable bonds is 4. The largest absolute Gasteiger partial charge is 0.327 e. The molecule has 6 heteroatoms. The van der Waals surface area contributed by atoms with E-state index in [0.717, 1.165) is 35.5 Å². The Labute approximate surface area is 124 Å². The third-order valence-corrected chi connectivity index (χ3v) is 4.09. The Kier molecular flexibility index (Phi) is 3.73. The molecule has 0 aliphatic heterocycles. The highest BCUT2D eigenvalue weighted by Crippen LogP contribution is 2.22. The Morgan fingerprint density at radius 2 is 2.21 bits per heavy atom. The van der Waals surface area contributed by atoms with Crippen LogP contribution in [0.3, 0.4) is 0 Å². The molecule has 0 atom stereocenters. The molecular weight excluding hydrogens is 301 g/mol. The molecule has 2 heterocycles. The smallest absolute Gasteiger partial charge is 0.124 e. The Morgan fingerprint density at radius 1 is 1.32 bits per heavy atom. The van der Waals surface area contributed by atoms with Gasteiger partial charge in [0.25, 0.3) is 0 Å². The number of aromatic nitrogens is 3. The Hall–Kier alpha value is -1.10. The molecule has 0 spiro atoms. The molecule has 98 valence electrons. The summed E-state index contributed by atoms with van der Waals surface area (Å²) in [4.78, 5) is 8.82. The molecule has 2 aromatic heterocycles. The van der Waals surface area contributed by atoms with E-state index in [0.29, 0.717) is 10.9 Å². The summed E-state index contributed by atoms with van der Waals surface area (Å²) >= 11 is 13.6. The van der Waals surface area contributed by atoms with E-state index in [1.807, 2.05) is 23.7 Å². The summed E-state index contributed by atoms with van der Waals surface area (Å²) in [5.74, 6) is 1.26. The van der Waals surface area contributed by atoms with Crippen molar-refractivity contribution in [2.24, 2.45) is 0 Å². The number of fused-ring (bicyclic) bond motifs is 1. The lowest BCUT2D eigenvalue weighted by atomic mass is 10.3. The predicted octanol–water partition coefficient (Wildman–Crippen LogP) is 4.13. The van der Waals surface area contributed by atoms with E-state index >= 15 is 0 Å². The fourth-order valence-electron chi connectivity index (χ4n) is 2.08. The van der Waals surface area contributed by atoms with Crippen LogP contribution in [0.1, 0.15) is 11.5 Å². The molecule has 0 aliphatic carbocycles. The SMILES string of the molecule is ClCc1nc2ccc(Cl)cc2n1CCc1cscn1. The molecule has 0 fully saturated rings.